The number of carbonyl (C=O) groups excluding carboxylic acids is 1. The Morgan fingerprint density at radius 1 is 0.826 bits per heavy atom. The van der Waals surface area contributed by atoms with Crippen LogP contribution in [-0.2, 0) is 0 Å². The zero-order valence-electron chi connectivity index (χ0n) is 12.2. The van der Waals surface area contributed by atoms with Crippen LogP contribution in [0, 0.1) is 0 Å². The van der Waals surface area contributed by atoms with Crippen LogP contribution in [0.15, 0.2) is 83.3 Å². The second kappa shape index (κ2) is 7.11. The Kier molecular flexibility index (Phi) is 4.74. The van der Waals surface area contributed by atoms with E-state index in [1.54, 1.807) is 12.1 Å². The van der Waals surface area contributed by atoms with E-state index in [1.807, 2.05) is 66.7 Å². The molecule has 3 nitrogen and oxygen atoms in total. The van der Waals surface area contributed by atoms with Crippen molar-refractivity contribution in [1.82, 2.24) is 0 Å². The minimum atomic E-state index is -0.172. The van der Waals surface area contributed by atoms with Gasteiger partial charge in [-0.1, -0.05) is 36.4 Å². The van der Waals surface area contributed by atoms with E-state index in [9.17, 15) is 4.79 Å². The van der Waals surface area contributed by atoms with Crippen LogP contribution in [0.5, 0.6) is 11.5 Å². The molecule has 4 heteroatoms. The first-order chi connectivity index (χ1) is 11.2. The molecule has 0 saturated carbocycles. The maximum absolute atomic E-state index is 12.3. The Labute approximate surface area is 143 Å². The molecule has 3 aromatic rings. The van der Waals surface area contributed by atoms with Crippen molar-refractivity contribution in [2.24, 2.45) is 0 Å². The van der Waals surface area contributed by atoms with Crippen molar-refractivity contribution in [2.45, 2.75) is 0 Å². The zero-order chi connectivity index (χ0) is 16.1. The molecule has 1 amide bonds. The monoisotopic (exact) mass is 367 g/mol. The average molecular weight is 368 g/mol. The molecule has 0 aliphatic rings. The first-order valence-electron chi connectivity index (χ1n) is 7.11. The summed E-state index contributed by atoms with van der Waals surface area (Å²) in [6.07, 6.45) is 0. The normalized spacial score (nSPS) is 10.1. The Bertz CT molecular complexity index is 818. The molecule has 3 aromatic carbocycles. The van der Waals surface area contributed by atoms with E-state index >= 15 is 0 Å². The molecule has 0 heterocycles. The van der Waals surface area contributed by atoms with E-state index in [1.165, 1.54) is 0 Å². The fraction of sp³-hybridized carbons (Fsp3) is 0. The molecule has 0 saturated heterocycles. The number of nitrogens with one attached hydrogen (secondary N) is 1. The second-order valence-electron chi connectivity index (χ2n) is 4.88. The highest BCUT2D eigenvalue weighted by Crippen LogP contribution is 2.24. The maximum atomic E-state index is 12.3. The van der Waals surface area contributed by atoms with Crippen LogP contribution >= 0.6 is 15.9 Å². The highest BCUT2D eigenvalue weighted by Gasteiger charge is 2.09. The van der Waals surface area contributed by atoms with Crippen molar-refractivity contribution in [1.29, 1.82) is 0 Å². The number of carbonyl (C=O) groups is 1. The van der Waals surface area contributed by atoms with E-state index in [0.717, 1.165) is 10.2 Å². The molecule has 23 heavy (non-hydrogen) atoms. The van der Waals surface area contributed by atoms with Gasteiger partial charge in [0, 0.05) is 16.2 Å². The Hall–Kier alpha value is -2.59. The van der Waals surface area contributed by atoms with Gasteiger partial charge in [0.25, 0.3) is 5.91 Å². The number of benzene rings is 3. The summed E-state index contributed by atoms with van der Waals surface area (Å²) in [4.78, 5) is 12.3. The lowest BCUT2D eigenvalue weighted by Gasteiger charge is -2.09. The van der Waals surface area contributed by atoms with Gasteiger partial charge < -0.3 is 10.1 Å². The number of anilines is 1. The summed E-state index contributed by atoms with van der Waals surface area (Å²) in [5, 5.41) is 2.88. The summed E-state index contributed by atoms with van der Waals surface area (Å²) < 4.78 is 6.53. The predicted octanol–water partition coefficient (Wildman–Crippen LogP) is 5.49. The molecule has 1 N–H and O–H groups in total. The smallest absolute Gasteiger partial charge is 0.256 e. The van der Waals surface area contributed by atoms with Crippen LogP contribution in [0.3, 0.4) is 0 Å². The summed E-state index contributed by atoms with van der Waals surface area (Å²) in [5.74, 6) is 1.25. The molecular formula is C19H14BrNO2. The Morgan fingerprint density at radius 3 is 2.30 bits per heavy atom. The standard InChI is InChI=1S/C19H14BrNO2/c20-18-12-5-4-11-17(18)19(22)21-14-7-6-10-16(13-14)23-15-8-2-1-3-9-15/h1-13H,(H,21,22). The van der Waals surface area contributed by atoms with Gasteiger partial charge >= 0.3 is 0 Å². The fourth-order valence-electron chi connectivity index (χ4n) is 2.11. The number of para-hydroxylation sites is 1. The molecule has 3 rings (SSSR count). The van der Waals surface area contributed by atoms with Gasteiger partial charge in [0.05, 0.1) is 5.56 Å². The van der Waals surface area contributed by atoms with E-state index in [4.69, 9.17) is 4.74 Å². The molecule has 0 spiro atoms. The first-order valence-corrected chi connectivity index (χ1v) is 7.90. The number of hydrogen-bond acceptors (Lipinski definition) is 2. The highest BCUT2D eigenvalue weighted by atomic mass is 79.9. The quantitative estimate of drug-likeness (QED) is 0.661. The van der Waals surface area contributed by atoms with Gasteiger partial charge in [-0.3, -0.25) is 4.79 Å². The summed E-state index contributed by atoms with van der Waals surface area (Å²) in [7, 11) is 0. The lowest BCUT2D eigenvalue weighted by Crippen LogP contribution is -2.12. The van der Waals surface area contributed by atoms with Gasteiger partial charge in [0.2, 0.25) is 0 Å². The molecule has 114 valence electrons. The van der Waals surface area contributed by atoms with Crippen LogP contribution in [0.25, 0.3) is 0 Å². The largest absolute Gasteiger partial charge is 0.457 e. The van der Waals surface area contributed by atoms with Crippen molar-refractivity contribution in [3.8, 4) is 11.5 Å². The van der Waals surface area contributed by atoms with Crippen LogP contribution in [0.2, 0.25) is 0 Å². The first kappa shape index (κ1) is 15.3. The number of ether oxygens (including phenoxy) is 1. The van der Waals surface area contributed by atoms with E-state index in [2.05, 4.69) is 21.2 Å². The highest BCUT2D eigenvalue weighted by molar-refractivity contribution is 9.10. The van der Waals surface area contributed by atoms with E-state index < -0.39 is 0 Å². The third-order valence-corrected chi connectivity index (χ3v) is 3.88. The number of halogens is 1. The van der Waals surface area contributed by atoms with Crippen molar-refractivity contribution in [3.63, 3.8) is 0 Å². The number of rotatable bonds is 4. The van der Waals surface area contributed by atoms with Gasteiger partial charge in [0.15, 0.2) is 0 Å². The third-order valence-electron chi connectivity index (χ3n) is 3.19. The van der Waals surface area contributed by atoms with Crippen molar-refractivity contribution in [2.75, 3.05) is 5.32 Å². The van der Waals surface area contributed by atoms with Gasteiger partial charge in [0.1, 0.15) is 11.5 Å². The zero-order valence-corrected chi connectivity index (χ0v) is 13.8. The van der Waals surface area contributed by atoms with Crippen LogP contribution < -0.4 is 10.1 Å². The molecule has 0 bridgehead atoms. The van der Waals surface area contributed by atoms with Crippen LogP contribution in [0.1, 0.15) is 10.4 Å². The van der Waals surface area contributed by atoms with Crippen molar-refractivity contribution in [3.05, 3.63) is 88.9 Å². The summed E-state index contributed by atoms with van der Waals surface area (Å²) in [6, 6.07) is 24.1. The lowest BCUT2D eigenvalue weighted by atomic mass is 10.2. The van der Waals surface area contributed by atoms with E-state index in [-0.39, 0.29) is 5.91 Å². The van der Waals surface area contributed by atoms with Gasteiger partial charge in [-0.15, -0.1) is 0 Å². The molecule has 0 unspecified atom stereocenters. The maximum Gasteiger partial charge on any atom is 0.256 e. The van der Waals surface area contributed by atoms with E-state index in [0.29, 0.717) is 17.0 Å². The molecular weight excluding hydrogens is 354 g/mol. The Morgan fingerprint density at radius 2 is 1.52 bits per heavy atom. The van der Waals surface area contributed by atoms with Gasteiger partial charge in [-0.25, -0.2) is 0 Å². The molecule has 0 radical (unpaired) electrons. The molecule has 0 atom stereocenters. The third kappa shape index (κ3) is 3.99. The summed E-state index contributed by atoms with van der Waals surface area (Å²) in [6.45, 7) is 0. The molecule has 0 aliphatic heterocycles. The SMILES string of the molecule is O=C(Nc1cccc(Oc2ccccc2)c1)c1ccccc1Br. The molecule has 0 aliphatic carbocycles. The van der Waals surface area contributed by atoms with Crippen molar-refractivity contribution < 1.29 is 9.53 Å². The number of hydrogen-bond donors (Lipinski definition) is 1. The topological polar surface area (TPSA) is 38.3 Å². The summed E-state index contributed by atoms with van der Waals surface area (Å²) >= 11 is 3.38. The summed E-state index contributed by atoms with van der Waals surface area (Å²) in [5.41, 5.74) is 1.26. The molecule has 0 aromatic heterocycles. The minimum absolute atomic E-state index is 0.172. The average Bonchev–Trinajstić information content (AvgIpc) is 2.56. The predicted molar refractivity (Wildman–Crippen MR) is 95.1 cm³/mol. The second-order valence-corrected chi connectivity index (χ2v) is 5.73. The van der Waals surface area contributed by atoms with Crippen LogP contribution in [0.4, 0.5) is 5.69 Å². The van der Waals surface area contributed by atoms with Crippen LogP contribution in [-0.4, -0.2) is 5.91 Å². The minimum Gasteiger partial charge on any atom is -0.457 e. The Balaban J connectivity index is 1.75. The fourth-order valence-corrected chi connectivity index (χ4v) is 2.57. The molecule has 0 fully saturated rings. The van der Waals surface area contributed by atoms with Gasteiger partial charge in [-0.05, 0) is 52.3 Å². The van der Waals surface area contributed by atoms with Crippen molar-refractivity contribution >= 4 is 27.5 Å². The lowest BCUT2D eigenvalue weighted by molar-refractivity contribution is 0.102. The van der Waals surface area contributed by atoms with Gasteiger partial charge in [-0.2, -0.15) is 0 Å². The number of amides is 1.